The first-order chi connectivity index (χ1) is 9.58. The smallest absolute Gasteiger partial charge is 0.261 e. The lowest BCUT2D eigenvalue weighted by atomic mass is 9.95. The average Bonchev–Trinajstić information content (AvgIpc) is 2.71. The highest BCUT2D eigenvalue weighted by atomic mass is 79.9. The number of carbonyl (C=O) groups is 1. The molecule has 0 spiro atoms. The summed E-state index contributed by atoms with van der Waals surface area (Å²) < 4.78 is 0. The molecule has 1 unspecified atom stereocenters. The summed E-state index contributed by atoms with van der Waals surface area (Å²) in [6.45, 7) is 4.26. The third-order valence-electron chi connectivity index (χ3n) is 4.31. The van der Waals surface area contributed by atoms with Crippen LogP contribution in [0.4, 0.5) is 0 Å². The molecule has 0 aliphatic heterocycles. The molecular weight excluding hydrogens is 334 g/mol. The number of alkyl halides is 1. The van der Waals surface area contributed by atoms with E-state index in [-0.39, 0.29) is 11.4 Å². The molecular formula is C16H24BrNOS. The van der Waals surface area contributed by atoms with Crippen LogP contribution in [0.25, 0.3) is 0 Å². The SMILES string of the molecule is CCC(C)(CCBr)NC(=O)c1cc2c(s1)CCCCC2. The van der Waals surface area contributed by atoms with E-state index in [1.54, 1.807) is 11.3 Å². The number of halogens is 1. The van der Waals surface area contributed by atoms with Crippen LogP contribution >= 0.6 is 27.3 Å². The molecule has 1 aliphatic rings. The van der Waals surface area contributed by atoms with Crippen molar-refractivity contribution in [1.82, 2.24) is 5.32 Å². The number of fused-ring (bicyclic) bond motifs is 1. The highest BCUT2D eigenvalue weighted by Gasteiger charge is 2.25. The second kappa shape index (κ2) is 7.08. The van der Waals surface area contributed by atoms with E-state index in [0.717, 1.165) is 35.9 Å². The van der Waals surface area contributed by atoms with Crippen molar-refractivity contribution in [1.29, 1.82) is 0 Å². The second-order valence-corrected chi connectivity index (χ2v) is 7.86. The van der Waals surface area contributed by atoms with Gasteiger partial charge in [0.2, 0.25) is 0 Å². The molecule has 2 rings (SSSR count). The molecule has 1 aliphatic carbocycles. The third-order valence-corrected chi connectivity index (χ3v) is 5.94. The molecule has 0 saturated heterocycles. The van der Waals surface area contributed by atoms with Crippen LogP contribution in [-0.2, 0) is 12.8 Å². The number of hydrogen-bond acceptors (Lipinski definition) is 2. The van der Waals surface area contributed by atoms with E-state index in [1.165, 1.54) is 29.7 Å². The first kappa shape index (κ1) is 16.0. The molecule has 4 heteroatoms. The Kier molecular flexibility index (Phi) is 5.67. The van der Waals surface area contributed by atoms with Crippen LogP contribution in [0.1, 0.15) is 66.1 Å². The van der Waals surface area contributed by atoms with Gasteiger partial charge in [0.05, 0.1) is 4.88 Å². The van der Waals surface area contributed by atoms with Gasteiger partial charge in [0.15, 0.2) is 0 Å². The van der Waals surface area contributed by atoms with Gasteiger partial charge in [-0.25, -0.2) is 0 Å². The van der Waals surface area contributed by atoms with E-state index >= 15 is 0 Å². The molecule has 20 heavy (non-hydrogen) atoms. The Labute approximate surface area is 134 Å². The van der Waals surface area contributed by atoms with Crippen LogP contribution in [0.2, 0.25) is 0 Å². The molecule has 1 amide bonds. The number of hydrogen-bond donors (Lipinski definition) is 1. The topological polar surface area (TPSA) is 29.1 Å². The Balaban J connectivity index is 2.09. The van der Waals surface area contributed by atoms with Gasteiger partial charge in [-0.3, -0.25) is 4.79 Å². The normalized spacial score (nSPS) is 17.9. The fourth-order valence-electron chi connectivity index (χ4n) is 2.65. The van der Waals surface area contributed by atoms with E-state index in [2.05, 4.69) is 41.2 Å². The van der Waals surface area contributed by atoms with E-state index in [4.69, 9.17) is 0 Å². The number of amides is 1. The zero-order valence-electron chi connectivity index (χ0n) is 12.4. The van der Waals surface area contributed by atoms with Gasteiger partial charge in [-0.1, -0.05) is 29.3 Å². The standard InChI is InChI=1S/C16H24BrNOS/c1-3-16(2,9-10-17)18-15(19)14-11-12-7-5-4-6-8-13(12)20-14/h11H,3-10H2,1-2H3,(H,18,19). The summed E-state index contributed by atoms with van der Waals surface area (Å²) in [5, 5.41) is 4.14. The zero-order valence-corrected chi connectivity index (χ0v) is 14.8. The lowest BCUT2D eigenvalue weighted by molar-refractivity contribution is 0.0906. The van der Waals surface area contributed by atoms with Crippen molar-refractivity contribution in [2.45, 2.75) is 64.3 Å². The van der Waals surface area contributed by atoms with Gasteiger partial charge in [-0.2, -0.15) is 0 Å². The number of nitrogens with one attached hydrogen (secondary N) is 1. The van der Waals surface area contributed by atoms with Crippen molar-refractivity contribution in [3.63, 3.8) is 0 Å². The summed E-state index contributed by atoms with van der Waals surface area (Å²) in [7, 11) is 0. The molecule has 0 fully saturated rings. The summed E-state index contributed by atoms with van der Waals surface area (Å²) >= 11 is 5.18. The van der Waals surface area contributed by atoms with E-state index in [1.807, 2.05) is 0 Å². The third kappa shape index (κ3) is 3.85. The first-order valence-electron chi connectivity index (χ1n) is 7.58. The van der Waals surface area contributed by atoms with Crippen LogP contribution in [0.5, 0.6) is 0 Å². The number of carbonyl (C=O) groups excluding carboxylic acids is 1. The highest BCUT2D eigenvalue weighted by molar-refractivity contribution is 9.09. The van der Waals surface area contributed by atoms with Gasteiger partial charge in [0, 0.05) is 15.7 Å². The summed E-state index contributed by atoms with van der Waals surface area (Å²) in [6, 6.07) is 2.13. The largest absolute Gasteiger partial charge is 0.346 e. The molecule has 1 atom stereocenters. The fraction of sp³-hybridized carbons (Fsp3) is 0.688. The molecule has 0 bridgehead atoms. The summed E-state index contributed by atoms with van der Waals surface area (Å²) in [6.07, 6.45) is 8.06. The van der Waals surface area contributed by atoms with Crippen LogP contribution in [0.15, 0.2) is 6.07 Å². The number of rotatable bonds is 5. The van der Waals surface area contributed by atoms with Crippen molar-refractivity contribution in [2.24, 2.45) is 0 Å². The van der Waals surface area contributed by atoms with Crippen molar-refractivity contribution in [3.05, 3.63) is 21.4 Å². The van der Waals surface area contributed by atoms with E-state index < -0.39 is 0 Å². The molecule has 1 N–H and O–H groups in total. The summed E-state index contributed by atoms with van der Waals surface area (Å²) in [5.74, 6) is 0.105. The second-order valence-electron chi connectivity index (χ2n) is 5.93. The van der Waals surface area contributed by atoms with Crippen LogP contribution in [-0.4, -0.2) is 16.8 Å². The molecule has 0 radical (unpaired) electrons. The predicted octanol–water partition coefficient (Wildman–Crippen LogP) is 4.70. The van der Waals surface area contributed by atoms with Crippen LogP contribution < -0.4 is 5.32 Å². The lowest BCUT2D eigenvalue weighted by Gasteiger charge is -2.28. The van der Waals surface area contributed by atoms with Crippen molar-refractivity contribution >= 4 is 33.2 Å². The minimum atomic E-state index is -0.109. The maximum atomic E-state index is 12.5. The van der Waals surface area contributed by atoms with Gasteiger partial charge in [0.25, 0.3) is 5.91 Å². The maximum Gasteiger partial charge on any atom is 0.261 e. The average molecular weight is 358 g/mol. The molecule has 0 saturated carbocycles. The van der Waals surface area contributed by atoms with Gasteiger partial charge in [-0.15, -0.1) is 11.3 Å². The lowest BCUT2D eigenvalue weighted by Crippen LogP contribution is -2.45. The Hall–Kier alpha value is -0.350. The number of aryl methyl sites for hydroxylation is 2. The molecule has 0 aromatic carbocycles. The Bertz CT molecular complexity index is 448. The Morgan fingerprint density at radius 3 is 2.85 bits per heavy atom. The highest BCUT2D eigenvalue weighted by Crippen LogP contribution is 2.29. The fourth-order valence-corrected chi connectivity index (χ4v) is 4.68. The zero-order chi connectivity index (χ0) is 14.6. The minimum Gasteiger partial charge on any atom is -0.346 e. The quantitative estimate of drug-likeness (QED) is 0.600. The molecule has 2 nitrogen and oxygen atoms in total. The Morgan fingerprint density at radius 2 is 2.15 bits per heavy atom. The van der Waals surface area contributed by atoms with Crippen molar-refractivity contribution in [2.75, 3.05) is 5.33 Å². The number of thiophene rings is 1. The van der Waals surface area contributed by atoms with Gasteiger partial charge in [-0.05, 0) is 57.1 Å². The van der Waals surface area contributed by atoms with Crippen LogP contribution in [0, 0.1) is 0 Å². The Morgan fingerprint density at radius 1 is 1.40 bits per heavy atom. The van der Waals surface area contributed by atoms with Gasteiger partial charge >= 0.3 is 0 Å². The molecule has 1 aromatic rings. The van der Waals surface area contributed by atoms with Gasteiger partial charge in [0.1, 0.15) is 0 Å². The summed E-state index contributed by atoms with van der Waals surface area (Å²) in [5.41, 5.74) is 1.30. The van der Waals surface area contributed by atoms with Gasteiger partial charge < -0.3 is 5.32 Å². The molecule has 1 aromatic heterocycles. The van der Waals surface area contributed by atoms with E-state index in [0.29, 0.717) is 0 Å². The van der Waals surface area contributed by atoms with Crippen LogP contribution in [0.3, 0.4) is 0 Å². The van der Waals surface area contributed by atoms with Crippen molar-refractivity contribution in [3.8, 4) is 0 Å². The minimum absolute atomic E-state index is 0.105. The van der Waals surface area contributed by atoms with E-state index in [9.17, 15) is 4.79 Å². The first-order valence-corrected chi connectivity index (χ1v) is 9.52. The molecule has 1 heterocycles. The van der Waals surface area contributed by atoms with Crippen molar-refractivity contribution < 1.29 is 4.79 Å². The maximum absolute atomic E-state index is 12.5. The summed E-state index contributed by atoms with van der Waals surface area (Å²) in [4.78, 5) is 14.8. The predicted molar refractivity (Wildman–Crippen MR) is 90.2 cm³/mol. The molecule has 112 valence electrons. The monoisotopic (exact) mass is 357 g/mol.